The number of hydrogen-bond donors (Lipinski definition) is 0. The molecule has 6 heteroatoms. The second-order valence-electron chi connectivity index (χ2n) is 10.6. The summed E-state index contributed by atoms with van der Waals surface area (Å²) in [7, 11) is 0. The van der Waals surface area contributed by atoms with Crippen molar-refractivity contribution in [2.24, 2.45) is 0 Å². The Labute approximate surface area is 259 Å². The van der Waals surface area contributed by atoms with Crippen molar-refractivity contribution in [1.29, 1.82) is 0 Å². The first-order chi connectivity index (χ1) is 22.3. The van der Waals surface area contributed by atoms with Gasteiger partial charge in [0.2, 0.25) is 5.89 Å². The van der Waals surface area contributed by atoms with Crippen LogP contribution >= 0.6 is 0 Å². The van der Waals surface area contributed by atoms with Gasteiger partial charge in [-0.3, -0.25) is 4.98 Å². The van der Waals surface area contributed by atoms with Gasteiger partial charge in [-0.05, 0) is 47.5 Å². The van der Waals surface area contributed by atoms with Crippen molar-refractivity contribution in [3.05, 3.63) is 152 Å². The molecule has 0 unspecified atom stereocenters. The highest BCUT2D eigenvalue weighted by molar-refractivity contribution is 5.96. The number of rotatable bonds is 6. The van der Waals surface area contributed by atoms with E-state index in [0.717, 1.165) is 50.0 Å². The summed E-state index contributed by atoms with van der Waals surface area (Å²) in [5, 5.41) is 0. The topological polar surface area (TPSA) is 77.6 Å². The number of aromatic nitrogens is 5. The van der Waals surface area contributed by atoms with E-state index < -0.39 is 0 Å². The lowest BCUT2D eigenvalue weighted by atomic mass is 9.97. The predicted molar refractivity (Wildman–Crippen MR) is 178 cm³/mol. The van der Waals surface area contributed by atoms with E-state index in [1.807, 2.05) is 128 Å². The molecule has 0 amide bonds. The van der Waals surface area contributed by atoms with Gasteiger partial charge in [0, 0.05) is 45.8 Å². The molecule has 0 aliphatic heterocycles. The van der Waals surface area contributed by atoms with Gasteiger partial charge in [0.1, 0.15) is 5.52 Å². The Hall–Kier alpha value is -6.27. The Morgan fingerprint density at radius 1 is 0.400 bits per heavy atom. The third kappa shape index (κ3) is 5.26. The van der Waals surface area contributed by atoms with Gasteiger partial charge in [0.15, 0.2) is 23.1 Å². The fourth-order valence-electron chi connectivity index (χ4n) is 5.42. The fraction of sp³-hybridized carbons (Fsp3) is 0. The molecule has 3 heterocycles. The van der Waals surface area contributed by atoms with Crippen LogP contribution in [0.5, 0.6) is 0 Å². The van der Waals surface area contributed by atoms with Crippen molar-refractivity contribution in [2.75, 3.05) is 0 Å². The summed E-state index contributed by atoms with van der Waals surface area (Å²) >= 11 is 0. The number of oxazole rings is 1. The molecule has 0 N–H and O–H groups in total. The average Bonchev–Trinajstić information content (AvgIpc) is 3.57. The third-order valence-electron chi connectivity index (χ3n) is 7.64. The summed E-state index contributed by atoms with van der Waals surface area (Å²) in [5.74, 6) is 2.41. The molecule has 6 nitrogen and oxygen atoms in total. The van der Waals surface area contributed by atoms with Gasteiger partial charge in [-0.2, -0.15) is 0 Å². The van der Waals surface area contributed by atoms with Crippen LogP contribution in [0.1, 0.15) is 0 Å². The minimum atomic E-state index is 0.573. The first-order valence-corrected chi connectivity index (χ1v) is 14.7. The van der Waals surface area contributed by atoms with Crippen LogP contribution in [0, 0.1) is 0 Å². The van der Waals surface area contributed by atoms with Crippen molar-refractivity contribution in [2.45, 2.75) is 0 Å². The zero-order chi connectivity index (χ0) is 30.0. The molecule has 45 heavy (non-hydrogen) atoms. The largest absolute Gasteiger partial charge is 0.436 e. The molecule has 0 aliphatic carbocycles. The molecular weight excluding hydrogens is 554 g/mol. The molecular formula is C39H25N5O. The van der Waals surface area contributed by atoms with Crippen LogP contribution in [0.25, 0.3) is 79.0 Å². The summed E-state index contributed by atoms with van der Waals surface area (Å²) in [6, 6.07) is 46.4. The van der Waals surface area contributed by atoms with Crippen LogP contribution in [0.3, 0.4) is 0 Å². The number of hydrogen-bond acceptors (Lipinski definition) is 6. The number of benzene rings is 5. The molecule has 0 radical (unpaired) electrons. The number of fused-ring (bicyclic) bond motifs is 1. The predicted octanol–water partition coefficient (Wildman–Crippen LogP) is 9.41. The molecule has 3 aromatic heterocycles. The van der Waals surface area contributed by atoms with Crippen LogP contribution in [-0.2, 0) is 0 Å². The van der Waals surface area contributed by atoms with Crippen LogP contribution in [-0.4, -0.2) is 24.9 Å². The molecule has 0 bridgehead atoms. The number of nitrogens with zero attached hydrogens (tertiary/aromatic N) is 5. The lowest BCUT2D eigenvalue weighted by Crippen LogP contribution is -2.00. The third-order valence-corrected chi connectivity index (χ3v) is 7.64. The SMILES string of the molecule is c1ccc(-c2nc(-c3ccccc3)nc(-c3cccc(-c4cc(-c5cccnc5)cc5oc(-c6ccccc6)nc45)c3)n2)cc1. The Kier molecular flexibility index (Phi) is 6.70. The first-order valence-electron chi connectivity index (χ1n) is 14.7. The van der Waals surface area contributed by atoms with E-state index in [1.54, 1.807) is 6.20 Å². The Balaban J connectivity index is 1.31. The Morgan fingerprint density at radius 2 is 0.956 bits per heavy atom. The van der Waals surface area contributed by atoms with E-state index >= 15 is 0 Å². The van der Waals surface area contributed by atoms with Gasteiger partial charge in [0.25, 0.3) is 0 Å². The molecule has 0 aliphatic rings. The molecule has 0 spiro atoms. The van der Waals surface area contributed by atoms with Crippen molar-refractivity contribution in [3.63, 3.8) is 0 Å². The average molecular weight is 580 g/mol. The van der Waals surface area contributed by atoms with E-state index in [4.69, 9.17) is 24.4 Å². The smallest absolute Gasteiger partial charge is 0.227 e. The van der Waals surface area contributed by atoms with Gasteiger partial charge in [-0.25, -0.2) is 19.9 Å². The highest BCUT2D eigenvalue weighted by atomic mass is 16.3. The van der Waals surface area contributed by atoms with Gasteiger partial charge in [-0.1, -0.05) is 103 Å². The maximum Gasteiger partial charge on any atom is 0.227 e. The Bertz CT molecular complexity index is 2190. The zero-order valence-corrected chi connectivity index (χ0v) is 24.1. The second-order valence-corrected chi connectivity index (χ2v) is 10.6. The molecule has 0 fully saturated rings. The van der Waals surface area contributed by atoms with Crippen LogP contribution in [0.4, 0.5) is 0 Å². The standard InChI is InChI=1S/C39H25N5O/c1-4-12-26(13-5-1)36-42-37(27-14-6-2-7-15-27)44-38(43-36)30-19-10-18-29(22-30)33-23-32(31-20-11-21-40-25-31)24-34-35(33)41-39(45-34)28-16-8-3-9-17-28/h1-25H. The summed E-state index contributed by atoms with van der Waals surface area (Å²) in [6.07, 6.45) is 3.63. The van der Waals surface area contributed by atoms with Crippen molar-refractivity contribution < 1.29 is 4.42 Å². The van der Waals surface area contributed by atoms with Crippen LogP contribution < -0.4 is 0 Å². The molecule has 0 saturated carbocycles. The highest BCUT2D eigenvalue weighted by Gasteiger charge is 2.18. The summed E-state index contributed by atoms with van der Waals surface area (Å²) in [5.41, 5.74) is 9.03. The fourth-order valence-corrected chi connectivity index (χ4v) is 5.42. The second kappa shape index (κ2) is 11.4. The minimum Gasteiger partial charge on any atom is -0.436 e. The van der Waals surface area contributed by atoms with Crippen LogP contribution in [0.2, 0.25) is 0 Å². The first kappa shape index (κ1) is 26.4. The van der Waals surface area contributed by atoms with E-state index in [1.165, 1.54) is 0 Å². The van der Waals surface area contributed by atoms with E-state index in [-0.39, 0.29) is 0 Å². The normalized spacial score (nSPS) is 11.1. The van der Waals surface area contributed by atoms with Gasteiger partial charge < -0.3 is 4.42 Å². The molecule has 0 saturated heterocycles. The summed E-state index contributed by atoms with van der Waals surface area (Å²) in [4.78, 5) is 24.1. The zero-order valence-electron chi connectivity index (χ0n) is 24.1. The van der Waals surface area contributed by atoms with Gasteiger partial charge in [0.05, 0.1) is 0 Å². The lowest BCUT2D eigenvalue weighted by molar-refractivity contribution is 0.620. The van der Waals surface area contributed by atoms with Crippen molar-refractivity contribution >= 4 is 11.1 Å². The Morgan fingerprint density at radius 3 is 1.58 bits per heavy atom. The minimum absolute atomic E-state index is 0.573. The highest BCUT2D eigenvalue weighted by Crippen LogP contribution is 2.37. The van der Waals surface area contributed by atoms with E-state index in [2.05, 4.69) is 23.2 Å². The van der Waals surface area contributed by atoms with Crippen LogP contribution in [0.15, 0.2) is 156 Å². The summed E-state index contributed by atoms with van der Waals surface area (Å²) < 4.78 is 6.36. The molecule has 8 rings (SSSR count). The maximum atomic E-state index is 6.36. The van der Waals surface area contributed by atoms with E-state index in [9.17, 15) is 0 Å². The van der Waals surface area contributed by atoms with Gasteiger partial charge >= 0.3 is 0 Å². The lowest BCUT2D eigenvalue weighted by Gasteiger charge is -2.10. The molecule has 212 valence electrons. The van der Waals surface area contributed by atoms with Crippen molar-refractivity contribution in [3.8, 4) is 67.9 Å². The quantitative estimate of drug-likeness (QED) is 0.195. The molecule has 0 atom stereocenters. The maximum absolute atomic E-state index is 6.36. The van der Waals surface area contributed by atoms with Crippen molar-refractivity contribution in [1.82, 2.24) is 24.9 Å². The molecule has 5 aromatic carbocycles. The van der Waals surface area contributed by atoms with Gasteiger partial charge in [-0.15, -0.1) is 0 Å². The monoisotopic (exact) mass is 579 g/mol. The number of pyridine rings is 1. The van der Waals surface area contributed by atoms with E-state index in [0.29, 0.717) is 28.9 Å². The summed E-state index contributed by atoms with van der Waals surface area (Å²) in [6.45, 7) is 0. The molecule has 8 aromatic rings.